The monoisotopic (exact) mass is 527 g/mol. The first-order valence-corrected chi connectivity index (χ1v) is 13.5. The molecular formula is C27H30FN3O5S. The van der Waals surface area contributed by atoms with Gasteiger partial charge in [-0.05, 0) is 37.3 Å². The third-order valence-electron chi connectivity index (χ3n) is 6.40. The van der Waals surface area contributed by atoms with Crippen LogP contribution in [0.2, 0.25) is 0 Å². The Hall–Kier alpha value is -3.50. The largest absolute Gasteiger partial charge is 0.464 e. The van der Waals surface area contributed by atoms with Gasteiger partial charge in [-0.1, -0.05) is 44.2 Å². The molecule has 4 rings (SSSR count). The molecule has 0 aliphatic carbocycles. The minimum absolute atomic E-state index is 0.0579. The molecule has 1 saturated heterocycles. The Morgan fingerprint density at radius 2 is 1.81 bits per heavy atom. The maximum absolute atomic E-state index is 14.8. The van der Waals surface area contributed by atoms with Gasteiger partial charge in [0.2, 0.25) is 21.8 Å². The van der Waals surface area contributed by atoms with Crippen LogP contribution in [0.25, 0.3) is 11.3 Å². The maximum Gasteiger partial charge on any atom is 0.244 e. The molecule has 2 heterocycles. The van der Waals surface area contributed by atoms with Gasteiger partial charge in [0, 0.05) is 42.7 Å². The van der Waals surface area contributed by atoms with Gasteiger partial charge in [0.25, 0.3) is 0 Å². The second-order valence-electron chi connectivity index (χ2n) is 9.40. The topological polar surface area (TPSA) is 99.9 Å². The summed E-state index contributed by atoms with van der Waals surface area (Å²) in [7, 11) is -3.88. The molecule has 1 aliphatic heterocycles. The Balaban J connectivity index is 1.55. The molecule has 2 atom stereocenters. The molecule has 2 amide bonds. The van der Waals surface area contributed by atoms with Crippen LogP contribution in [0.4, 0.5) is 4.39 Å². The number of furan rings is 1. The van der Waals surface area contributed by atoms with E-state index in [1.807, 2.05) is 0 Å². The second-order valence-corrected chi connectivity index (χ2v) is 11.3. The van der Waals surface area contributed by atoms with Crippen LogP contribution in [0.5, 0.6) is 0 Å². The highest BCUT2D eigenvalue weighted by atomic mass is 32.2. The van der Waals surface area contributed by atoms with E-state index in [0.717, 1.165) is 0 Å². The molecule has 1 aliphatic rings. The minimum Gasteiger partial charge on any atom is -0.464 e. The van der Waals surface area contributed by atoms with Gasteiger partial charge in [-0.3, -0.25) is 9.59 Å². The number of hydrogen-bond donors (Lipinski definition) is 1. The first-order valence-electron chi connectivity index (χ1n) is 12.1. The Kier molecular flexibility index (Phi) is 7.79. The highest BCUT2D eigenvalue weighted by Crippen LogP contribution is 2.26. The lowest BCUT2D eigenvalue weighted by atomic mass is 10.0. The van der Waals surface area contributed by atoms with Gasteiger partial charge in [-0.2, -0.15) is 4.31 Å². The summed E-state index contributed by atoms with van der Waals surface area (Å²) in [6, 6.07) is 14.4. The van der Waals surface area contributed by atoms with E-state index in [0.29, 0.717) is 11.3 Å². The SMILES string of the molecule is CC(C)C(=O)N1C(C)CN(S(=O)(=O)c2ccccc2)CC1C(=O)NCc1ccc(-c2ccco2)cc1F. The summed E-state index contributed by atoms with van der Waals surface area (Å²) in [5.41, 5.74) is 0.817. The van der Waals surface area contributed by atoms with Gasteiger partial charge in [0.1, 0.15) is 17.6 Å². The van der Waals surface area contributed by atoms with Crippen LogP contribution >= 0.6 is 0 Å². The molecule has 0 bridgehead atoms. The van der Waals surface area contributed by atoms with Crippen molar-refractivity contribution in [1.82, 2.24) is 14.5 Å². The van der Waals surface area contributed by atoms with Crippen LogP contribution in [-0.4, -0.2) is 54.6 Å². The fourth-order valence-electron chi connectivity index (χ4n) is 4.45. The molecule has 1 fully saturated rings. The van der Waals surface area contributed by atoms with Gasteiger partial charge in [0.05, 0.1) is 11.2 Å². The fraction of sp³-hybridized carbons (Fsp3) is 0.333. The summed E-state index contributed by atoms with van der Waals surface area (Å²) in [6.07, 6.45) is 1.50. The number of benzene rings is 2. The number of piperazine rings is 1. The lowest BCUT2D eigenvalue weighted by molar-refractivity contribution is -0.148. The average molecular weight is 528 g/mol. The molecule has 1 aromatic heterocycles. The van der Waals surface area contributed by atoms with E-state index >= 15 is 0 Å². The molecule has 8 nitrogen and oxygen atoms in total. The lowest BCUT2D eigenvalue weighted by Crippen LogP contribution is -2.65. The van der Waals surface area contributed by atoms with Gasteiger partial charge in [0.15, 0.2) is 0 Å². The number of sulfonamides is 1. The second kappa shape index (κ2) is 10.9. The van der Waals surface area contributed by atoms with Crippen LogP contribution in [-0.2, 0) is 26.2 Å². The number of carbonyl (C=O) groups is 2. The predicted octanol–water partition coefficient (Wildman–Crippen LogP) is 3.65. The summed E-state index contributed by atoms with van der Waals surface area (Å²) < 4.78 is 47.9. The standard InChI is InChI=1S/C27H30FN3O5S/c1-18(2)27(33)31-19(3)16-30(37(34,35)22-8-5-4-6-9-22)17-24(31)26(32)29-15-21-12-11-20(14-23(21)28)25-10-7-13-36-25/h4-14,18-19,24H,15-17H2,1-3H3,(H,29,32). The third-order valence-corrected chi connectivity index (χ3v) is 8.24. The normalized spacial score (nSPS) is 18.7. The van der Waals surface area contributed by atoms with Crippen molar-refractivity contribution in [2.24, 2.45) is 5.92 Å². The van der Waals surface area contributed by atoms with Crippen molar-refractivity contribution in [3.8, 4) is 11.3 Å². The van der Waals surface area contributed by atoms with Crippen molar-refractivity contribution in [1.29, 1.82) is 0 Å². The van der Waals surface area contributed by atoms with E-state index in [9.17, 15) is 22.4 Å². The molecule has 37 heavy (non-hydrogen) atoms. The molecule has 10 heteroatoms. The van der Waals surface area contributed by atoms with Crippen molar-refractivity contribution in [2.45, 2.75) is 44.3 Å². The zero-order valence-corrected chi connectivity index (χ0v) is 21.7. The Bertz CT molecular complexity index is 1360. The zero-order chi connectivity index (χ0) is 26.7. The smallest absolute Gasteiger partial charge is 0.244 e. The van der Waals surface area contributed by atoms with Gasteiger partial charge < -0.3 is 14.6 Å². The predicted molar refractivity (Wildman–Crippen MR) is 136 cm³/mol. The van der Waals surface area contributed by atoms with Crippen molar-refractivity contribution in [3.63, 3.8) is 0 Å². The van der Waals surface area contributed by atoms with E-state index in [2.05, 4.69) is 5.32 Å². The van der Waals surface area contributed by atoms with Crippen molar-refractivity contribution in [3.05, 3.63) is 78.3 Å². The number of amides is 2. The number of halogens is 1. The van der Waals surface area contributed by atoms with Gasteiger partial charge >= 0.3 is 0 Å². The van der Waals surface area contributed by atoms with Crippen molar-refractivity contribution in [2.75, 3.05) is 13.1 Å². The average Bonchev–Trinajstić information content (AvgIpc) is 3.42. The van der Waals surface area contributed by atoms with Crippen LogP contribution in [0.15, 0.2) is 76.2 Å². The zero-order valence-electron chi connectivity index (χ0n) is 20.9. The molecule has 0 saturated carbocycles. The van der Waals surface area contributed by atoms with Crippen LogP contribution < -0.4 is 5.32 Å². The molecule has 196 valence electrons. The first kappa shape index (κ1) is 26.6. The van der Waals surface area contributed by atoms with Crippen LogP contribution in [0.1, 0.15) is 26.3 Å². The van der Waals surface area contributed by atoms with E-state index in [-0.39, 0.29) is 41.9 Å². The van der Waals surface area contributed by atoms with Gasteiger partial charge in [-0.15, -0.1) is 0 Å². The number of nitrogens with zero attached hydrogens (tertiary/aromatic N) is 2. The molecular weight excluding hydrogens is 497 g/mol. The Morgan fingerprint density at radius 1 is 1.08 bits per heavy atom. The van der Waals surface area contributed by atoms with E-state index in [1.165, 1.54) is 33.7 Å². The number of hydrogen-bond acceptors (Lipinski definition) is 5. The molecule has 3 aromatic rings. The quantitative estimate of drug-likeness (QED) is 0.506. The summed E-state index contributed by atoms with van der Waals surface area (Å²) in [5.74, 6) is -1.19. The molecule has 2 aromatic carbocycles. The van der Waals surface area contributed by atoms with Crippen LogP contribution in [0.3, 0.4) is 0 Å². The van der Waals surface area contributed by atoms with Gasteiger partial charge in [-0.25, -0.2) is 12.8 Å². The summed E-state index contributed by atoms with van der Waals surface area (Å²) in [4.78, 5) is 28.0. The number of carbonyl (C=O) groups excluding carboxylic acids is 2. The maximum atomic E-state index is 14.8. The van der Waals surface area contributed by atoms with E-state index in [1.54, 1.807) is 63.2 Å². The van der Waals surface area contributed by atoms with Crippen molar-refractivity contribution >= 4 is 21.8 Å². The highest BCUT2D eigenvalue weighted by Gasteiger charge is 2.43. The first-order chi connectivity index (χ1) is 17.6. The molecule has 2 unspecified atom stereocenters. The Labute approximate surface area is 216 Å². The summed E-state index contributed by atoms with van der Waals surface area (Å²) >= 11 is 0. The van der Waals surface area contributed by atoms with Crippen molar-refractivity contribution < 1.29 is 26.8 Å². The third kappa shape index (κ3) is 5.60. The molecule has 0 radical (unpaired) electrons. The van der Waals surface area contributed by atoms with E-state index < -0.39 is 33.8 Å². The highest BCUT2D eigenvalue weighted by molar-refractivity contribution is 7.89. The number of nitrogens with one attached hydrogen (secondary N) is 1. The minimum atomic E-state index is -3.88. The van der Waals surface area contributed by atoms with Crippen LogP contribution in [0, 0.1) is 11.7 Å². The summed E-state index contributed by atoms with van der Waals surface area (Å²) in [5, 5.41) is 2.70. The summed E-state index contributed by atoms with van der Waals surface area (Å²) in [6.45, 7) is 4.91. The van der Waals surface area contributed by atoms with E-state index in [4.69, 9.17) is 4.42 Å². The lowest BCUT2D eigenvalue weighted by Gasteiger charge is -2.44. The number of rotatable bonds is 7. The molecule has 1 N–H and O–H groups in total. The Morgan fingerprint density at radius 3 is 2.43 bits per heavy atom. The molecule has 0 spiro atoms. The fourth-order valence-corrected chi connectivity index (χ4v) is 6.00.